The summed E-state index contributed by atoms with van der Waals surface area (Å²) in [7, 11) is 0. The van der Waals surface area contributed by atoms with Crippen LogP contribution in [0.3, 0.4) is 0 Å². The molecule has 0 aliphatic rings. The van der Waals surface area contributed by atoms with Crippen molar-refractivity contribution in [2.24, 2.45) is 0 Å². The summed E-state index contributed by atoms with van der Waals surface area (Å²) in [5, 5.41) is 16.4. The highest BCUT2D eigenvalue weighted by Crippen LogP contribution is 2.09. The molecule has 2 heterocycles. The van der Waals surface area contributed by atoms with Gasteiger partial charge in [-0.1, -0.05) is 5.21 Å². The Morgan fingerprint density at radius 2 is 2.27 bits per heavy atom. The van der Waals surface area contributed by atoms with E-state index in [-0.39, 0.29) is 6.61 Å². The summed E-state index contributed by atoms with van der Waals surface area (Å²) in [6.45, 7) is 4.08. The van der Waals surface area contributed by atoms with Gasteiger partial charge in [0.25, 0.3) is 0 Å². The Hall–Kier alpha value is -1.69. The lowest BCUT2D eigenvalue weighted by Crippen LogP contribution is -2.00. The van der Waals surface area contributed by atoms with Gasteiger partial charge in [-0.2, -0.15) is 0 Å². The van der Waals surface area contributed by atoms with Crippen LogP contribution < -0.4 is 0 Å². The van der Waals surface area contributed by atoms with Gasteiger partial charge in [0.15, 0.2) is 0 Å². The molecule has 2 aromatic heterocycles. The van der Waals surface area contributed by atoms with Crippen LogP contribution in [-0.4, -0.2) is 25.1 Å². The first kappa shape index (κ1) is 9.85. The predicted octanol–water partition coefficient (Wildman–Crippen LogP) is 0.424. The monoisotopic (exact) mass is 208 g/mol. The summed E-state index contributed by atoms with van der Waals surface area (Å²) in [4.78, 5) is 4.22. The molecule has 0 unspecified atom stereocenters. The van der Waals surface area contributed by atoms with Gasteiger partial charge in [0.05, 0.1) is 18.5 Å². The van der Waals surface area contributed by atoms with Crippen molar-refractivity contribution in [3.63, 3.8) is 0 Å². The quantitative estimate of drug-likeness (QED) is 0.791. The fourth-order valence-corrected chi connectivity index (χ4v) is 1.23. The number of oxazole rings is 1. The Labute approximate surface area is 86.6 Å². The van der Waals surface area contributed by atoms with Crippen LogP contribution in [0.2, 0.25) is 0 Å². The lowest BCUT2D eigenvalue weighted by atomic mass is 10.4. The molecule has 0 amide bonds. The third kappa shape index (κ3) is 2.04. The third-order valence-electron chi connectivity index (χ3n) is 2.12. The van der Waals surface area contributed by atoms with Crippen LogP contribution in [-0.2, 0) is 13.2 Å². The molecule has 2 aromatic rings. The highest BCUT2D eigenvalue weighted by atomic mass is 16.4. The molecule has 0 aromatic carbocycles. The molecule has 80 valence electrons. The second-order valence-corrected chi connectivity index (χ2v) is 3.31. The molecule has 1 N–H and O–H groups in total. The molecule has 0 aliphatic heterocycles. The second-order valence-electron chi connectivity index (χ2n) is 3.31. The molecule has 0 saturated heterocycles. The lowest BCUT2D eigenvalue weighted by molar-refractivity contribution is 0.276. The molecule has 15 heavy (non-hydrogen) atoms. The molecule has 0 radical (unpaired) electrons. The fraction of sp³-hybridized carbons (Fsp3) is 0.444. The standard InChI is InChI=1S/C9H12N4O2/c1-6-7(2)15-9(10-6)4-13-3-8(5-14)11-12-13/h3,14H,4-5H2,1-2H3. The highest BCUT2D eigenvalue weighted by Gasteiger charge is 2.07. The van der Waals surface area contributed by atoms with Gasteiger partial charge in [-0.15, -0.1) is 5.10 Å². The number of aliphatic hydroxyl groups excluding tert-OH is 1. The fourth-order valence-electron chi connectivity index (χ4n) is 1.23. The Morgan fingerprint density at radius 3 is 2.80 bits per heavy atom. The van der Waals surface area contributed by atoms with E-state index in [1.165, 1.54) is 0 Å². The van der Waals surface area contributed by atoms with Crippen molar-refractivity contribution < 1.29 is 9.52 Å². The molecule has 0 bridgehead atoms. The van der Waals surface area contributed by atoms with E-state index in [2.05, 4.69) is 15.3 Å². The van der Waals surface area contributed by atoms with Crippen molar-refractivity contribution in [2.45, 2.75) is 27.0 Å². The topological polar surface area (TPSA) is 77.0 Å². The maximum Gasteiger partial charge on any atom is 0.216 e. The Bertz CT molecular complexity index is 441. The van der Waals surface area contributed by atoms with Gasteiger partial charge in [0.1, 0.15) is 18.0 Å². The van der Waals surface area contributed by atoms with Crippen LogP contribution in [0, 0.1) is 13.8 Å². The minimum absolute atomic E-state index is 0.108. The molecule has 0 fully saturated rings. The first-order chi connectivity index (χ1) is 7.19. The smallest absolute Gasteiger partial charge is 0.216 e. The zero-order valence-corrected chi connectivity index (χ0v) is 8.64. The van der Waals surface area contributed by atoms with Crippen molar-refractivity contribution in [3.05, 3.63) is 29.2 Å². The zero-order valence-electron chi connectivity index (χ0n) is 8.64. The average Bonchev–Trinajstić information content (AvgIpc) is 2.76. The summed E-state index contributed by atoms with van der Waals surface area (Å²) in [6.07, 6.45) is 1.66. The number of rotatable bonds is 3. The number of aryl methyl sites for hydroxylation is 2. The molecule has 0 saturated carbocycles. The molecule has 6 nitrogen and oxygen atoms in total. The molecular weight excluding hydrogens is 196 g/mol. The van der Waals surface area contributed by atoms with E-state index in [1.807, 2.05) is 13.8 Å². The van der Waals surface area contributed by atoms with Crippen molar-refractivity contribution in [3.8, 4) is 0 Å². The van der Waals surface area contributed by atoms with Gasteiger partial charge >= 0.3 is 0 Å². The number of aromatic nitrogens is 4. The van der Waals surface area contributed by atoms with Gasteiger partial charge in [-0.05, 0) is 13.8 Å². The lowest BCUT2D eigenvalue weighted by Gasteiger charge is -1.93. The SMILES string of the molecule is Cc1nc(Cn2cc(CO)nn2)oc1C. The molecule has 0 aliphatic carbocycles. The summed E-state index contributed by atoms with van der Waals surface area (Å²) in [6, 6.07) is 0. The number of aliphatic hydroxyl groups is 1. The molecule has 6 heteroatoms. The van der Waals surface area contributed by atoms with Gasteiger partial charge in [0, 0.05) is 0 Å². The largest absolute Gasteiger partial charge is 0.444 e. The van der Waals surface area contributed by atoms with E-state index in [4.69, 9.17) is 9.52 Å². The second kappa shape index (κ2) is 3.82. The molecule has 0 atom stereocenters. The van der Waals surface area contributed by atoms with E-state index >= 15 is 0 Å². The maximum atomic E-state index is 8.81. The molecule has 2 rings (SSSR count). The van der Waals surface area contributed by atoms with E-state index in [1.54, 1.807) is 10.9 Å². The first-order valence-electron chi connectivity index (χ1n) is 4.62. The van der Waals surface area contributed by atoms with E-state index in [0.29, 0.717) is 18.1 Å². The number of hydrogen-bond acceptors (Lipinski definition) is 5. The van der Waals surface area contributed by atoms with Gasteiger partial charge in [0.2, 0.25) is 5.89 Å². The Balaban J connectivity index is 2.14. The van der Waals surface area contributed by atoms with Gasteiger partial charge < -0.3 is 9.52 Å². The van der Waals surface area contributed by atoms with Crippen molar-refractivity contribution in [2.75, 3.05) is 0 Å². The Kier molecular flexibility index (Phi) is 2.51. The van der Waals surface area contributed by atoms with Crippen molar-refractivity contribution in [1.82, 2.24) is 20.0 Å². The highest BCUT2D eigenvalue weighted by molar-refractivity contribution is 5.05. The third-order valence-corrected chi connectivity index (χ3v) is 2.12. The maximum absolute atomic E-state index is 8.81. The van der Waals surface area contributed by atoms with Crippen molar-refractivity contribution >= 4 is 0 Å². The number of hydrogen-bond donors (Lipinski definition) is 1. The summed E-state index contributed by atoms with van der Waals surface area (Å²) >= 11 is 0. The normalized spacial score (nSPS) is 10.9. The van der Waals surface area contributed by atoms with Gasteiger partial charge in [-0.3, -0.25) is 0 Å². The minimum atomic E-state index is -0.108. The van der Waals surface area contributed by atoms with Crippen LogP contribution in [0.25, 0.3) is 0 Å². The average molecular weight is 208 g/mol. The van der Waals surface area contributed by atoms with E-state index in [9.17, 15) is 0 Å². The molecule has 0 spiro atoms. The summed E-state index contributed by atoms with van der Waals surface area (Å²) in [5.41, 5.74) is 1.42. The summed E-state index contributed by atoms with van der Waals surface area (Å²) in [5.74, 6) is 1.41. The van der Waals surface area contributed by atoms with E-state index in [0.717, 1.165) is 11.5 Å². The number of nitrogens with zero attached hydrogens (tertiary/aromatic N) is 4. The minimum Gasteiger partial charge on any atom is -0.444 e. The van der Waals surface area contributed by atoms with Crippen LogP contribution in [0.4, 0.5) is 0 Å². The first-order valence-corrected chi connectivity index (χ1v) is 4.62. The van der Waals surface area contributed by atoms with Crippen LogP contribution in [0.1, 0.15) is 23.0 Å². The van der Waals surface area contributed by atoms with E-state index < -0.39 is 0 Å². The van der Waals surface area contributed by atoms with Gasteiger partial charge in [-0.25, -0.2) is 9.67 Å². The van der Waals surface area contributed by atoms with Crippen LogP contribution >= 0.6 is 0 Å². The zero-order chi connectivity index (χ0) is 10.8. The Morgan fingerprint density at radius 1 is 1.47 bits per heavy atom. The molecular formula is C9H12N4O2. The van der Waals surface area contributed by atoms with Crippen LogP contribution in [0.5, 0.6) is 0 Å². The van der Waals surface area contributed by atoms with Crippen molar-refractivity contribution in [1.29, 1.82) is 0 Å². The predicted molar refractivity (Wildman–Crippen MR) is 51.0 cm³/mol. The van der Waals surface area contributed by atoms with Crippen LogP contribution in [0.15, 0.2) is 10.6 Å². The summed E-state index contributed by atoms with van der Waals surface area (Å²) < 4.78 is 6.98.